The SMILES string of the molecule is C=CCn1c(-c2c(C=C)ncn2COCC[Si](C)(C)C)c(C2CCCCC2)c2ccc(C(=O)OC)cc21. The number of methoxy groups -OCH3 is 1. The van der Waals surface area contributed by atoms with Crippen LogP contribution in [0.2, 0.25) is 25.7 Å². The monoisotopic (exact) mass is 519 g/mol. The topological polar surface area (TPSA) is 58.3 Å². The van der Waals surface area contributed by atoms with Gasteiger partial charge < -0.3 is 18.6 Å². The van der Waals surface area contributed by atoms with Crippen LogP contribution in [0.1, 0.15) is 59.6 Å². The van der Waals surface area contributed by atoms with Crippen LogP contribution >= 0.6 is 0 Å². The Morgan fingerprint density at radius 3 is 2.57 bits per heavy atom. The molecule has 4 rings (SSSR count). The van der Waals surface area contributed by atoms with E-state index in [9.17, 15) is 4.79 Å². The fourth-order valence-electron chi connectivity index (χ4n) is 5.44. The van der Waals surface area contributed by atoms with Gasteiger partial charge in [0.15, 0.2) is 0 Å². The number of imidazole rings is 1. The standard InChI is InChI=1S/C30H41N3O3Si/c1-7-16-33-26-19-23(30(34)35-3)14-15-24(26)27(22-12-10-9-11-13-22)29(33)28-25(8-2)31-20-32(28)21-36-17-18-37(4,5)6/h7-8,14-15,19-20,22H,1-2,9-13,16-18,21H2,3-6H3. The number of rotatable bonds is 11. The van der Waals surface area contributed by atoms with Crippen molar-refractivity contribution < 1.29 is 14.3 Å². The fraction of sp³-hybridized carbons (Fsp3) is 0.467. The van der Waals surface area contributed by atoms with E-state index in [1.807, 2.05) is 30.6 Å². The second-order valence-electron chi connectivity index (χ2n) is 11.2. The van der Waals surface area contributed by atoms with Crippen molar-refractivity contribution in [3.05, 3.63) is 60.6 Å². The lowest BCUT2D eigenvalue weighted by Crippen LogP contribution is -2.22. The van der Waals surface area contributed by atoms with E-state index in [1.165, 1.54) is 37.3 Å². The number of esters is 1. The molecule has 0 N–H and O–H groups in total. The van der Waals surface area contributed by atoms with Crippen molar-refractivity contribution in [2.45, 2.75) is 77.0 Å². The Balaban J connectivity index is 1.91. The molecule has 2 heterocycles. The first-order valence-corrected chi connectivity index (χ1v) is 17.1. The van der Waals surface area contributed by atoms with Crippen LogP contribution < -0.4 is 0 Å². The van der Waals surface area contributed by atoms with Crippen LogP contribution in [0.3, 0.4) is 0 Å². The molecule has 0 bridgehead atoms. The van der Waals surface area contributed by atoms with Crippen molar-refractivity contribution in [2.24, 2.45) is 0 Å². The molecule has 0 unspecified atom stereocenters. The van der Waals surface area contributed by atoms with Gasteiger partial charge >= 0.3 is 5.97 Å². The van der Waals surface area contributed by atoms with E-state index in [2.05, 4.69) is 48.0 Å². The highest BCUT2D eigenvalue weighted by atomic mass is 28.3. The smallest absolute Gasteiger partial charge is 0.337 e. The molecule has 2 aromatic heterocycles. The van der Waals surface area contributed by atoms with E-state index in [0.29, 0.717) is 24.8 Å². The summed E-state index contributed by atoms with van der Waals surface area (Å²) in [4.78, 5) is 17.1. The van der Waals surface area contributed by atoms with E-state index in [4.69, 9.17) is 14.5 Å². The molecule has 37 heavy (non-hydrogen) atoms. The minimum absolute atomic E-state index is 0.332. The van der Waals surface area contributed by atoms with Crippen LogP contribution in [0.25, 0.3) is 28.4 Å². The fourth-order valence-corrected chi connectivity index (χ4v) is 6.20. The molecule has 1 aromatic carbocycles. The zero-order valence-corrected chi connectivity index (χ0v) is 23.9. The highest BCUT2D eigenvalue weighted by Crippen LogP contribution is 2.45. The third-order valence-corrected chi connectivity index (χ3v) is 9.06. The van der Waals surface area contributed by atoms with Gasteiger partial charge in [0, 0.05) is 32.1 Å². The van der Waals surface area contributed by atoms with Gasteiger partial charge in [-0.2, -0.15) is 0 Å². The summed E-state index contributed by atoms with van der Waals surface area (Å²) >= 11 is 0. The van der Waals surface area contributed by atoms with E-state index >= 15 is 0 Å². The highest BCUT2D eigenvalue weighted by Gasteiger charge is 2.29. The third kappa shape index (κ3) is 5.83. The molecule has 1 aliphatic rings. The first kappa shape index (κ1) is 27.1. The van der Waals surface area contributed by atoms with Crippen molar-refractivity contribution in [3.63, 3.8) is 0 Å². The van der Waals surface area contributed by atoms with Crippen LogP contribution in [-0.2, 0) is 22.7 Å². The molecule has 0 aliphatic heterocycles. The van der Waals surface area contributed by atoms with Crippen molar-refractivity contribution >= 4 is 31.0 Å². The number of fused-ring (bicyclic) bond motifs is 1. The predicted octanol–water partition coefficient (Wildman–Crippen LogP) is 7.48. The van der Waals surface area contributed by atoms with Crippen molar-refractivity contribution in [1.82, 2.24) is 14.1 Å². The van der Waals surface area contributed by atoms with Gasteiger partial charge in [-0.1, -0.05) is 57.6 Å². The first-order valence-electron chi connectivity index (χ1n) is 13.4. The summed E-state index contributed by atoms with van der Waals surface area (Å²) < 4.78 is 15.6. The van der Waals surface area contributed by atoms with Gasteiger partial charge in [0.1, 0.15) is 6.73 Å². The summed E-state index contributed by atoms with van der Waals surface area (Å²) in [6, 6.07) is 7.05. The van der Waals surface area contributed by atoms with E-state index in [0.717, 1.165) is 48.1 Å². The number of ether oxygens (including phenoxy) is 2. The Hall–Kier alpha value is -2.90. The zero-order valence-electron chi connectivity index (χ0n) is 22.9. The number of carbonyl (C=O) groups is 1. The first-order chi connectivity index (χ1) is 17.8. The second-order valence-corrected chi connectivity index (χ2v) is 16.8. The van der Waals surface area contributed by atoms with E-state index < -0.39 is 8.07 Å². The summed E-state index contributed by atoms with van der Waals surface area (Å²) in [5, 5.41) is 1.18. The van der Waals surface area contributed by atoms with Crippen LogP contribution in [0, 0.1) is 0 Å². The number of hydrogen-bond donors (Lipinski definition) is 0. The van der Waals surface area contributed by atoms with Crippen LogP contribution in [0.15, 0.2) is 43.8 Å². The van der Waals surface area contributed by atoms with E-state index in [1.54, 1.807) is 0 Å². The molecule has 0 spiro atoms. The average molecular weight is 520 g/mol. The van der Waals surface area contributed by atoms with Gasteiger partial charge in [-0.15, -0.1) is 6.58 Å². The quantitative estimate of drug-likeness (QED) is 0.114. The molecule has 0 radical (unpaired) electrons. The van der Waals surface area contributed by atoms with Crippen molar-refractivity contribution in [1.29, 1.82) is 0 Å². The minimum atomic E-state index is -1.19. The minimum Gasteiger partial charge on any atom is -0.465 e. The maximum absolute atomic E-state index is 12.4. The zero-order chi connectivity index (χ0) is 26.6. The molecule has 0 atom stereocenters. The summed E-state index contributed by atoms with van der Waals surface area (Å²) in [5.74, 6) is 0.108. The Morgan fingerprint density at radius 2 is 1.92 bits per heavy atom. The Kier molecular flexibility index (Phi) is 8.55. The number of aromatic nitrogens is 3. The lowest BCUT2D eigenvalue weighted by atomic mass is 9.82. The summed E-state index contributed by atoms with van der Waals surface area (Å²) in [7, 11) is 0.237. The largest absolute Gasteiger partial charge is 0.465 e. The number of allylic oxidation sites excluding steroid dienone is 1. The normalized spacial score (nSPS) is 14.7. The molecule has 0 amide bonds. The molecule has 7 heteroatoms. The van der Waals surface area contributed by atoms with Crippen molar-refractivity contribution in [3.8, 4) is 11.4 Å². The Labute approximate surface area is 222 Å². The van der Waals surface area contributed by atoms with Crippen LogP contribution in [0.4, 0.5) is 0 Å². The highest BCUT2D eigenvalue weighted by molar-refractivity contribution is 6.76. The lowest BCUT2D eigenvalue weighted by molar-refractivity contribution is 0.0601. The molecule has 6 nitrogen and oxygen atoms in total. The predicted molar refractivity (Wildman–Crippen MR) is 155 cm³/mol. The summed E-state index contributed by atoms with van der Waals surface area (Å²) in [6.45, 7) is 17.0. The lowest BCUT2D eigenvalue weighted by Gasteiger charge is -2.24. The van der Waals surface area contributed by atoms with E-state index in [-0.39, 0.29) is 5.97 Å². The Morgan fingerprint density at radius 1 is 1.16 bits per heavy atom. The van der Waals surface area contributed by atoms with Gasteiger partial charge in [-0.3, -0.25) is 0 Å². The van der Waals surface area contributed by atoms with Crippen LogP contribution in [0.5, 0.6) is 0 Å². The number of carbonyl (C=O) groups excluding carboxylic acids is 1. The molecule has 0 saturated heterocycles. The molecule has 1 saturated carbocycles. The van der Waals surface area contributed by atoms with Gasteiger partial charge in [0.05, 0.1) is 36.1 Å². The average Bonchev–Trinajstić information content (AvgIpc) is 3.44. The van der Waals surface area contributed by atoms with Crippen LogP contribution in [-0.4, -0.2) is 41.9 Å². The molecule has 1 aliphatic carbocycles. The number of hydrogen-bond acceptors (Lipinski definition) is 4. The van der Waals surface area contributed by atoms with Gasteiger partial charge in [-0.25, -0.2) is 9.78 Å². The molecular formula is C30H41N3O3Si. The molecule has 198 valence electrons. The summed E-state index contributed by atoms with van der Waals surface area (Å²) in [5.41, 5.74) is 5.88. The molecular weight excluding hydrogens is 478 g/mol. The third-order valence-electron chi connectivity index (χ3n) is 7.36. The van der Waals surface area contributed by atoms with Gasteiger partial charge in [-0.05, 0) is 48.6 Å². The summed E-state index contributed by atoms with van der Waals surface area (Å²) in [6.07, 6.45) is 11.7. The number of nitrogens with zero attached hydrogens (tertiary/aromatic N) is 3. The maximum Gasteiger partial charge on any atom is 0.337 e. The second kappa shape index (κ2) is 11.7. The maximum atomic E-state index is 12.4. The number of benzene rings is 1. The molecule has 3 aromatic rings. The van der Waals surface area contributed by atoms with Gasteiger partial charge in [0.25, 0.3) is 0 Å². The molecule has 1 fully saturated rings. The van der Waals surface area contributed by atoms with Crippen molar-refractivity contribution in [2.75, 3.05) is 13.7 Å². The van der Waals surface area contributed by atoms with Gasteiger partial charge in [0.2, 0.25) is 0 Å². The Bertz CT molecular complexity index is 1280.